The van der Waals surface area contributed by atoms with Gasteiger partial charge in [-0.1, -0.05) is 0 Å². The van der Waals surface area contributed by atoms with Crippen molar-refractivity contribution in [2.24, 2.45) is 0 Å². The number of rotatable bonds is 4. The topological polar surface area (TPSA) is 47.3 Å². The van der Waals surface area contributed by atoms with Crippen LogP contribution in [0.15, 0.2) is 40.9 Å². The molecule has 19 heavy (non-hydrogen) atoms. The van der Waals surface area contributed by atoms with E-state index >= 15 is 0 Å². The van der Waals surface area contributed by atoms with Crippen molar-refractivity contribution in [1.29, 1.82) is 0 Å². The molecule has 0 amide bonds. The highest BCUT2D eigenvalue weighted by Crippen LogP contribution is 2.28. The van der Waals surface area contributed by atoms with Crippen molar-refractivity contribution in [3.63, 3.8) is 0 Å². The first-order valence-electron chi connectivity index (χ1n) is 5.84. The maximum Gasteiger partial charge on any atom is 0.144 e. The Bertz CT molecular complexity index is 590. The fraction of sp³-hybridized carbons (Fsp3) is 0.143. The minimum absolute atomic E-state index is 0.314. The Hall–Kier alpha value is -1.75. The van der Waals surface area contributed by atoms with E-state index in [1.54, 1.807) is 24.3 Å². The van der Waals surface area contributed by atoms with Crippen molar-refractivity contribution >= 4 is 33.0 Å². The van der Waals surface area contributed by atoms with Gasteiger partial charge in [-0.3, -0.25) is 0 Å². The molecule has 0 atom stereocenters. The van der Waals surface area contributed by atoms with Gasteiger partial charge in [0.1, 0.15) is 11.6 Å². The molecule has 3 N–H and O–H groups in total. The molecule has 5 heteroatoms. The van der Waals surface area contributed by atoms with Crippen molar-refractivity contribution in [3.8, 4) is 5.75 Å². The van der Waals surface area contributed by atoms with Crippen LogP contribution in [0.3, 0.4) is 0 Å². The summed E-state index contributed by atoms with van der Waals surface area (Å²) < 4.78 is 19.3. The molecule has 0 aromatic heterocycles. The molecule has 0 aliphatic heterocycles. The van der Waals surface area contributed by atoms with Gasteiger partial charge in [0.25, 0.3) is 0 Å². The number of hydrogen-bond acceptors (Lipinski definition) is 3. The normalized spacial score (nSPS) is 10.3. The van der Waals surface area contributed by atoms with Crippen LogP contribution in [0.2, 0.25) is 0 Å². The number of nitrogens with two attached hydrogens (primary N) is 1. The molecule has 0 aliphatic rings. The van der Waals surface area contributed by atoms with Crippen molar-refractivity contribution in [1.82, 2.24) is 0 Å². The molecule has 3 nitrogen and oxygen atoms in total. The van der Waals surface area contributed by atoms with Crippen LogP contribution in [0.4, 0.5) is 21.5 Å². The van der Waals surface area contributed by atoms with Gasteiger partial charge in [0.05, 0.1) is 16.8 Å². The van der Waals surface area contributed by atoms with Crippen LogP contribution >= 0.6 is 15.9 Å². The lowest BCUT2D eigenvalue weighted by Crippen LogP contribution is -1.98. The van der Waals surface area contributed by atoms with Gasteiger partial charge in [0, 0.05) is 17.4 Å². The number of hydrogen-bond donors (Lipinski definition) is 2. The molecule has 100 valence electrons. The molecular weight excluding hydrogens is 311 g/mol. The molecule has 0 aliphatic carbocycles. The second-order valence-electron chi connectivity index (χ2n) is 3.94. The molecule has 0 heterocycles. The van der Waals surface area contributed by atoms with Crippen LogP contribution in [0.25, 0.3) is 0 Å². The lowest BCUT2D eigenvalue weighted by molar-refractivity contribution is 0.342. The molecule has 0 saturated heterocycles. The summed E-state index contributed by atoms with van der Waals surface area (Å²) in [6, 6.07) is 10.2. The molecule has 0 saturated carbocycles. The van der Waals surface area contributed by atoms with E-state index in [4.69, 9.17) is 10.5 Å². The molecular formula is C14H14BrFN2O. The highest BCUT2D eigenvalue weighted by atomic mass is 79.9. The first-order valence-corrected chi connectivity index (χ1v) is 6.64. The monoisotopic (exact) mass is 324 g/mol. The lowest BCUT2D eigenvalue weighted by atomic mass is 10.2. The molecule has 0 unspecified atom stereocenters. The summed E-state index contributed by atoms with van der Waals surface area (Å²) in [5.41, 5.74) is 7.82. The highest BCUT2D eigenvalue weighted by molar-refractivity contribution is 9.10. The average molecular weight is 325 g/mol. The first-order chi connectivity index (χ1) is 9.10. The fourth-order valence-electron chi connectivity index (χ4n) is 1.63. The number of ether oxygens (including phenoxy) is 1. The third-order valence-electron chi connectivity index (χ3n) is 2.52. The summed E-state index contributed by atoms with van der Waals surface area (Å²) in [6.07, 6.45) is 0. The van der Waals surface area contributed by atoms with Gasteiger partial charge in [-0.15, -0.1) is 0 Å². The summed E-state index contributed by atoms with van der Waals surface area (Å²) >= 11 is 3.12. The van der Waals surface area contributed by atoms with Crippen molar-refractivity contribution < 1.29 is 9.13 Å². The SMILES string of the molecule is CCOc1cc(Nc2ccc(Br)c(F)c2)ccc1N. The maximum atomic E-state index is 13.4. The molecule has 2 rings (SSSR count). The van der Waals surface area contributed by atoms with Gasteiger partial charge in [0.15, 0.2) is 0 Å². The second kappa shape index (κ2) is 5.93. The summed E-state index contributed by atoms with van der Waals surface area (Å²) in [6.45, 7) is 2.43. The quantitative estimate of drug-likeness (QED) is 0.824. The summed E-state index contributed by atoms with van der Waals surface area (Å²) in [5, 5.41) is 3.10. The van der Waals surface area contributed by atoms with Gasteiger partial charge in [-0.05, 0) is 53.2 Å². The van der Waals surface area contributed by atoms with Crippen LogP contribution in [0.5, 0.6) is 5.75 Å². The third kappa shape index (κ3) is 3.38. The number of nitrogen functional groups attached to an aromatic ring is 1. The van der Waals surface area contributed by atoms with E-state index < -0.39 is 0 Å². The third-order valence-corrected chi connectivity index (χ3v) is 3.16. The maximum absolute atomic E-state index is 13.4. The van der Waals surface area contributed by atoms with Crippen LogP contribution in [0.1, 0.15) is 6.92 Å². The van der Waals surface area contributed by atoms with E-state index in [2.05, 4.69) is 21.2 Å². The molecule has 0 radical (unpaired) electrons. The first kappa shape index (κ1) is 13.7. The van der Waals surface area contributed by atoms with Gasteiger partial charge in [-0.25, -0.2) is 4.39 Å². The Labute approximate surface area is 119 Å². The Morgan fingerprint density at radius 1 is 1.21 bits per heavy atom. The zero-order valence-corrected chi connectivity index (χ0v) is 12.0. The number of anilines is 3. The standard InChI is InChI=1S/C14H14BrFN2O/c1-2-19-14-8-10(4-6-13(14)17)18-9-3-5-11(15)12(16)7-9/h3-8,18H,2,17H2,1H3. The molecule has 0 fully saturated rings. The predicted molar refractivity (Wildman–Crippen MR) is 79.4 cm³/mol. The lowest BCUT2D eigenvalue weighted by Gasteiger charge is -2.11. The molecule has 0 spiro atoms. The van der Waals surface area contributed by atoms with Crippen LogP contribution in [-0.4, -0.2) is 6.61 Å². The van der Waals surface area contributed by atoms with Crippen LogP contribution in [0, 0.1) is 5.82 Å². The zero-order chi connectivity index (χ0) is 13.8. The van der Waals surface area contributed by atoms with Crippen LogP contribution < -0.4 is 15.8 Å². The van der Waals surface area contributed by atoms with E-state index in [9.17, 15) is 4.39 Å². The zero-order valence-electron chi connectivity index (χ0n) is 10.4. The number of benzene rings is 2. The summed E-state index contributed by atoms with van der Waals surface area (Å²) in [4.78, 5) is 0. The second-order valence-corrected chi connectivity index (χ2v) is 4.79. The fourth-order valence-corrected chi connectivity index (χ4v) is 1.88. The minimum Gasteiger partial charge on any atom is -0.492 e. The van der Waals surface area contributed by atoms with Gasteiger partial charge >= 0.3 is 0 Å². The predicted octanol–water partition coefficient (Wildman–Crippen LogP) is 4.31. The van der Waals surface area contributed by atoms with E-state index in [1.807, 2.05) is 13.0 Å². The van der Waals surface area contributed by atoms with Gasteiger partial charge in [0.2, 0.25) is 0 Å². The molecule has 2 aromatic rings. The Kier molecular flexibility index (Phi) is 4.27. The Morgan fingerprint density at radius 3 is 2.58 bits per heavy atom. The largest absolute Gasteiger partial charge is 0.492 e. The number of nitrogens with one attached hydrogen (secondary N) is 1. The smallest absolute Gasteiger partial charge is 0.144 e. The van der Waals surface area contributed by atoms with E-state index in [-0.39, 0.29) is 5.82 Å². The van der Waals surface area contributed by atoms with E-state index in [1.165, 1.54) is 6.07 Å². The van der Waals surface area contributed by atoms with E-state index in [0.29, 0.717) is 28.2 Å². The Balaban J connectivity index is 2.22. The highest BCUT2D eigenvalue weighted by Gasteiger charge is 2.04. The minimum atomic E-state index is -0.314. The van der Waals surface area contributed by atoms with Gasteiger partial charge < -0.3 is 15.8 Å². The average Bonchev–Trinajstić information content (AvgIpc) is 2.38. The van der Waals surface area contributed by atoms with Gasteiger partial charge in [-0.2, -0.15) is 0 Å². The van der Waals surface area contributed by atoms with Crippen molar-refractivity contribution in [3.05, 3.63) is 46.7 Å². The number of halogens is 2. The van der Waals surface area contributed by atoms with Crippen molar-refractivity contribution in [2.45, 2.75) is 6.92 Å². The molecule has 2 aromatic carbocycles. The van der Waals surface area contributed by atoms with Crippen molar-refractivity contribution in [2.75, 3.05) is 17.7 Å². The van der Waals surface area contributed by atoms with Crippen LogP contribution in [-0.2, 0) is 0 Å². The molecule has 0 bridgehead atoms. The summed E-state index contributed by atoms with van der Waals surface area (Å²) in [7, 11) is 0. The van der Waals surface area contributed by atoms with E-state index in [0.717, 1.165) is 5.69 Å². The summed E-state index contributed by atoms with van der Waals surface area (Å²) in [5.74, 6) is 0.301. The Morgan fingerprint density at radius 2 is 1.89 bits per heavy atom.